The summed E-state index contributed by atoms with van der Waals surface area (Å²) in [5.74, 6) is 0.403. The predicted molar refractivity (Wildman–Crippen MR) is 281 cm³/mol. The summed E-state index contributed by atoms with van der Waals surface area (Å²) in [7, 11) is 0. The van der Waals surface area contributed by atoms with E-state index in [9.17, 15) is 10.2 Å². The second-order valence-electron chi connectivity index (χ2n) is 18.2. The largest absolute Gasteiger partial charge is 3.00 e. The van der Waals surface area contributed by atoms with Gasteiger partial charge in [-0.2, -0.15) is 0 Å². The third-order valence-electron chi connectivity index (χ3n) is 14.3. The Morgan fingerprint density at radius 1 is 0.429 bits per heavy atom. The monoisotopic (exact) mass is 1020 g/mol. The minimum absolute atomic E-state index is 0. The first kappa shape index (κ1) is 49.2. The van der Waals surface area contributed by atoms with Gasteiger partial charge in [-0.3, -0.25) is 9.98 Å². The Kier molecular flexibility index (Phi) is 14.6. The van der Waals surface area contributed by atoms with E-state index in [0.29, 0.717) is 11.1 Å². The zero-order valence-electron chi connectivity index (χ0n) is 38.8. The van der Waals surface area contributed by atoms with Gasteiger partial charge >= 0.3 is 29.7 Å². The molecule has 0 amide bonds. The maximum absolute atomic E-state index is 12.6. The molecule has 1 aliphatic rings. The Morgan fingerprint density at radius 3 is 1.11 bits per heavy atom. The van der Waals surface area contributed by atoms with Crippen molar-refractivity contribution in [2.45, 2.75) is 50.6 Å². The van der Waals surface area contributed by atoms with Crippen LogP contribution in [0, 0.1) is 5.46 Å². The second kappa shape index (κ2) is 20.8. The van der Waals surface area contributed by atoms with E-state index < -0.39 is 11.1 Å². The zero-order valence-corrected chi connectivity index (χ0v) is 41.3. The number of nitrogens with zero attached hydrogens (tertiary/aromatic N) is 3. The fourth-order valence-corrected chi connectivity index (χ4v) is 10.5. The first-order valence-corrected chi connectivity index (χ1v) is 23.2. The van der Waals surface area contributed by atoms with Crippen LogP contribution >= 0.6 is 0 Å². The molecule has 10 aromatic rings. The van der Waals surface area contributed by atoms with Crippen molar-refractivity contribution < 1.29 is 46.9 Å². The minimum atomic E-state index is -0.611. The quantitative estimate of drug-likeness (QED) is 0.0899. The SMILES string of the molecule is C[C@@]1(N=Cc2cc3ccccc3c(-c3c(-c4ccccc4)ccc4ccccc34)c2O)CCCC[C@@]1(C)N=Cc1cc2ccccc2c(-c2c(-c3ccccc3)ccc3ccccc23)c1O.N#[O+].[Cl-].[Ru+3]. The molecule has 1 aliphatic carbocycles. The Labute approximate surface area is 427 Å². The molecule has 2 atom stereocenters. The van der Waals surface area contributed by atoms with Crippen molar-refractivity contribution in [3.63, 3.8) is 0 Å². The average Bonchev–Trinajstić information content (AvgIpc) is 3.39. The van der Waals surface area contributed by atoms with Crippen LogP contribution in [0.25, 0.3) is 87.6 Å². The van der Waals surface area contributed by atoms with Crippen LogP contribution in [-0.2, 0) is 24.3 Å². The number of fused-ring (bicyclic) bond motifs is 4. The van der Waals surface area contributed by atoms with E-state index in [1.807, 2.05) is 36.7 Å². The third kappa shape index (κ3) is 8.83. The topological polar surface area (TPSA) is 109 Å². The number of phenols is 2. The molecule has 0 saturated heterocycles. The number of phenolic OH excluding ortho intramolecular Hbond substituents is 2. The maximum atomic E-state index is 12.6. The summed E-state index contributed by atoms with van der Waals surface area (Å²) >= 11 is 0. The van der Waals surface area contributed by atoms with Gasteiger partial charge in [0.15, 0.2) is 0 Å². The van der Waals surface area contributed by atoms with Crippen LogP contribution in [0.4, 0.5) is 0 Å². The third-order valence-corrected chi connectivity index (χ3v) is 14.3. The number of hydrogen-bond acceptors (Lipinski definition) is 5. The molecule has 11 rings (SSSR count). The molecule has 2 N–H and O–H groups in total. The fraction of sp³-hybridized carbons (Fsp3) is 0.129. The van der Waals surface area contributed by atoms with Crippen LogP contribution in [0.2, 0.25) is 0 Å². The van der Waals surface area contributed by atoms with Gasteiger partial charge < -0.3 is 22.6 Å². The molecule has 0 heterocycles. The Morgan fingerprint density at radius 2 is 0.743 bits per heavy atom. The summed E-state index contributed by atoms with van der Waals surface area (Å²) in [5.41, 5.74) is 13.7. The Hall–Kier alpha value is -7.24. The van der Waals surface area contributed by atoms with Crippen molar-refractivity contribution in [1.29, 1.82) is 5.46 Å². The molecule has 1 radical (unpaired) electrons. The molecule has 8 heteroatoms. The molecular formula is C62H50ClN3O3Ru+3. The summed E-state index contributed by atoms with van der Waals surface area (Å²) in [6.07, 6.45) is 7.44. The number of aromatic hydroxyl groups is 2. The molecule has 1 saturated carbocycles. The first-order chi connectivity index (χ1) is 33.3. The van der Waals surface area contributed by atoms with Gasteiger partial charge in [-0.25, -0.2) is 0 Å². The van der Waals surface area contributed by atoms with Crippen LogP contribution < -0.4 is 12.4 Å². The maximum Gasteiger partial charge on any atom is 3.00 e. The standard InChI is InChI=1S/C62H50N2O2.ClH.NO.Ru/c1-61(63-39-47-37-45-25-11-15-29-51(45)57(59(47)65)55-49-27-13-9-23-43(49)31-33-53(55)41-19-5-3-6-20-41)35-17-18-36-62(61,2)64-40-48-38-46-26-12-16-30-52(46)58(60(48)66)56-50-28-14-10-24-44(50)32-34-54(56)42-21-7-4-8-22-42;;1-2;/h3-16,19-34,37-40,65-66H,17-18,35-36H2,1-2H3;1H;;/q;;+1;+3/p-1/t61-,62-;;;/m1.../s1. The van der Waals surface area contributed by atoms with Gasteiger partial charge in [-0.15, -0.1) is 0 Å². The molecule has 1 fully saturated rings. The molecule has 70 heavy (non-hydrogen) atoms. The summed E-state index contributed by atoms with van der Waals surface area (Å²) in [5, 5.41) is 33.6. The number of benzene rings is 10. The molecule has 0 spiro atoms. The number of rotatable bonds is 8. The van der Waals surface area contributed by atoms with Gasteiger partial charge in [0, 0.05) is 45.8 Å². The van der Waals surface area contributed by atoms with E-state index in [0.717, 1.165) is 113 Å². The summed E-state index contributed by atoms with van der Waals surface area (Å²) in [6, 6.07) is 67.1. The molecule has 0 aliphatic heterocycles. The minimum Gasteiger partial charge on any atom is -1.00 e. The number of halogens is 1. The van der Waals surface area contributed by atoms with Crippen molar-refractivity contribution >= 4 is 55.5 Å². The van der Waals surface area contributed by atoms with E-state index in [1.54, 1.807) is 0 Å². The van der Waals surface area contributed by atoms with Crippen molar-refractivity contribution in [3.05, 3.63) is 205 Å². The number of hydrogen-bond donors (Lipinski definition) is 2. The van der Waals surface area contributed by atoms with Gasteiger partial charge in [0.25, 0.3) is 0 Å². The Bertz CT molecular complexity index is 3380. The van der Waals surface area contributed by atoms with Crippen LogP contribution in [-0.4, -0.2) is 33.7 Å². The summed E-state index contributed by atoms with van der Waals surface area (Å²) < 4.78 is 7.25. The first-order valence-electron chi connectivity index (χ1n) is 23.2. The van der Waals surface area contributed by atoms with Gasteiger partial charge in [0.1, 0.15) is 11.5 Å². The molecule has 6 nitrogen and oxygen atoms in total. The molecule has 10 aromatic carbocycles. The fourth-order valence-electron chi connectivity index (χ4n) is 10.5. The van der Waals surface area contributed by atoms with E-state index >= 15 is 0 Å². The van der Waals surface area contributed by atoms with E-state index in [1.165, 1.54) is 0 Å². The molecule has 343 valence electrons. The van der Waals surface area contributed by atoms with Crippen molar-refractivity contribution in [1.82, 2.24) is 0 Å². The average molecular weight is 1020 g/mol. The second-order valence-corrected chi connectivity index (χ2v) is 18.2. The van der Waals surface area contributed by atoms with Crippen LogP contribution in [0.1, 0.15) is 50.7 Å². The van der Waals surface area contributed by atoms with E-state index in [2.05, 4.69) is 184 Å². The van der Waals surface area contributed by atoms with Crippen molar-refractivity contribution in [3.8, 4) is 56.0 Å². The van der Waals surface area contributed by atoms with Crippen molar-refractivity contribution in [2.24, 2.45) is 9.98 Å². The van der Waals surface area contributed by atoms with Crippen LogP contribution in [0.3, 0.4) is 0 Å². The summed E-state index contributed by atoms with van der Waals surface area (Å²) in [4.78, 5) is 10.9. The predicted octanol–water partition coefficient (Wildman–Crippen LogP) is 12.9. The smallest absolute Gasteiger partial charge is 1.00 e. The van der Waals surface area contributed by atoms with Gasteiger partial charge in [0.2, 0.25) is 0 Å². The Balaban J connectivity index is 0.00000163. The van der Waals surface area contributed by atoms with Gasteiger partial charge in [-0.1, -0.05) is 195 Å². The molecular weight excluding hydrogens is 971 g/mol. The molecule has 0 bridgehead atoms. The van der Waals surface area contributed by atoms with E-state index in [4.69, 9.17) is 20.2 Å². The zero-order chi connectivity index (χ0) is 46.8. The van der Waals surface area contributed by atoms with Crippen LogP contribution in [0.5, 0.6) is 11.5 Å². The molecule has 0 aromatic heterocycles. The van der Waals surface area contributed by atoms with Crippen molar-refractivity contribution in [2.75, 3.05) is 0 Å². The van der Waals surface area contributed by atoms with E-state index in [-0.39, 0.29) is 43.4 Å². The van der Waals surface area contributed by atoms with Gasteiger partial charge in [0.05, 0.1) is 11.1 Å². The normalized spacial score (nSPS) is 16.7. The van der Waals surface area contributed by atoms with Crippen LogP contribution in [0.15, 0.2) is 204 Å². The summed E-state index contributed by atoms with van der Waals surface area (Å²) in [6.45, 7) is 4.40. The number of aliphatic imine (C=N–C) groups is 2. The molecule has 0 unspecified atom stereocenters. The van der Waals surface area contributed by atoms with Gasteiger partial charge in [-0.05, 0) is 104 Å².